The van der Waals surface area contributed by atoms with Crippen molar-refractivity contribution in [1.29, 1.82) is 0 Å². The van der Waals surface area contributed by atoms with E-state index < -0.39 is 0 Å². The Morgan fingerprint density at radius 3 is 2.72 bits per heavy atom. The van der Waals surface area contributed by atoms with Gasteiger partial charge in [0, 0.05) is 25.1 Å². The van der Waals surface area contributed by atoms with Gasteiger partial charge in [-0.15, -0.1) is 0 Å². The monoisotopic (exact) mass is 345 g/mol. The summed E-state index contributed by atoms with van der Waals surface area (Å²) in [6.07, 6.45) is 3.54. The lowest BCUT2D eigenvalue weighted by molar-refractivity contribution is 0.0945. The van der Waals surface area contributed by atoms with Gasteiger partial charge < -0.3 is 24.5 Å². The van der Waals surface area contributed by atoms with E-state index in [0.717, 1.165) is 31.5 Å². The van der Waals surface area contributed by atoms with Crippen LogP contribution in [0.3, 0.4) is 0 Å². The molecule has 1 aromatic heterocycles. The average Bonchev–Trinajstić information content (AvgIpc) is 3.16. The normalized spacial score (nSPS) is 17.1. The molecule has 7 nitrogen and oxygen atoms in total. The number of methoxy groups -OCH3 is 2. The lowest BCUT2D eigenvalue weighted by Gasteiger charge is -2.19. The molecule has 0 aliphatic carbocycles. The van der Waals surface area contributed by atoms with Crippen LogP contribution in [0.2, 0.25) is 0 Å². The number of nitrogens with zero attached hydrogens (tertiary/aromatic N) is 1. The minimum absolute atomic E-state index is 0.234. The van der Waals surface area contributed by atoms with Gasteiger partial charge in [-0.25, -0.2) is 4.98 Å². The van der Waals surface area contributed by atoms with Crippen LogP contribution in [0.25, 0.3) is 0 Å². The lowest BCUT2D eigenvalue weighted by atomic mass is 10.00. The summed E-state index contributed by atoms with van der Waals surface area (Å²) in [6.45, 7) is 2.21. The van der Waals surface area contributed by atoms with E-state index in [1.54, 1.807) is 20.3 Å². The summed E-state index contributed by atoms with van der Waals surface area (Å²) in [5, 5.41) is 6.16. The second-order valence-electron chi connectivity index (χ2n) is 6.02. The number of carbonyl (C=O) groups is 1. The molecule has 0 spiro atoms. The highest BCUT2D eigenvalue weighted by molar-refractivity contribution is 5.91. The first-order chi connectivity index (χ1) is 12.2. The van der Waals surface area contributed by atoms with Gasteiger partial charge >= 0.3 is 0 Å². The molecule has 1 aromatic carbocycles. The van der Waals surface area contributed by atoms with E-state index in [1.165, 1.54) is 6.26 Å². The molecular weight excluding hydrogens is 322 g/mol. The van der Waals surface area contributed by atoms with Crippen LogP contribution in [0, 0.1) is 0 Å². The second kappa shape index (κ2) is 8.02. The molecule has 1 saturated heterocycles. The minimum atomic E-state index is -0.263. The van der Waals surface area contributed by atoms with Crippen molar-refractivity contribution in [3.05, 3.63) is 41.6 Å². The van der Waals surface area contributed by atoms with Crippen molar-refractivity contribution in [2.45, 2.75) is 25.3 Å². The second-order valence-corrected chi connectivity index (χ2v) is 6.02. The Morgan fingerprint density at radius 2 is 2.08 bits per heavy atom. The fraction of sp³-hybridized carbons (Fsp3) is 0.444. The number of aromatic nitrogens is 1. The number of piperidine rings is 1. The van der Waals surface area contributed by atoms with Crippen molar-refractivity contribution in [2.75, 3.05) is 27.3 Å². The topological polar surface area (TPSA) is 85.6 Å². The molecule has 1 aliphatic heterocycles. The number of oxazole rings is 1. The van der Waals surface area contributed by atoms with Crippen LogP contribution in [0.15, 0.2) is 28.9 Å². The van der Waals surface area contributed by atoms with Crippen molar-refractivity contribution >= 4 is 5.91 Å². The molecule has 2 aromatic rings. The number of nitrogens with one attached hydrogen (secondary N) is 2. The van der Waals surface area contributed by atoms with Crippen molar-refractivity contribution in [3.8, 4) is 11.5 Å². The number of rotatable bonds is 6. The molecule has 0 radical (unpaired) electrons. The molecule has 1 fully saturated rings. The standard InChI is InChI=1S/C18H23N3O4/c1-23-14-6-12(7-15(8-14)24-2)9-20-17(22)16-11-25-18(21-16)13-4-3-5-19-10-13/h6-8,11,13,19H,3-5,9-10H2,1-2H3,(H,20,22). The van der Waals surface area contributed by atoms with Crippen LogP contribution in [-0.4, -0.2) is 38.2 Å². The predicted molar refractivity (Wildman–Crippen MR) is 92.1 cm³/mol. The number of amides is 1. The molecule has 3 rings (SSSR count). The third-order valence-corrected chi connectivity index (χ3v) is 4.27. The highest BCUT2D eigenvalue weighted by atomic mass is 16.5. The molecule has 25 heavy (non-hydrogen) atoms. The number of hydrogen-bond acceptors (Lipinski definition) is 6. The number of carbonyl (C=O) groups excluding carboxylic acids is 1. The van der Waals surface area contributed by atoms with E-state index in [0.29, 0.717) is 29.6 Å². The molecule has 2 heterocycles. The third kappa shape index (κ3) is 4.30. The Balaban J connectivity index is 1.62. The summed E-state index contributed by atoms with van der Waals surface area (Å²) in [5.41, 5.74) is 1.18. The van der Waals surface area contributed by atoms with Gasteiger partial charge in [-0.2, -0.15) is 0 Å². The zero-order valence-corrected chi connectivity index (χ0v) is 14.5. The van der Waals surface area contributed by atoms with Gasteiger partial charge in [0.25, 0.3) is 5.91 Å². The zero-order chi connectivity index (χ0) is 17.6. The molecule has 2 N–H and O–H groups in total. The molecule has 0 bridgehead atoms. The fourth-order valence-corrected chi connectivity index (χ4v) is 2.88. The molecule has 0 saturated carbocycles. The maximum absolute atomic E-state index is 12.3. The molecule has 134 valence electrons. The quantitative estimate of drug-likeness (QED) is 0.834. The summed E-state index contributed by atoms with van der Waals surface area (Å²) < 4.78 is 16.0. The van der Waals surface area contributed by atoms with E-state index in [1.807, 2.05) is 12.1 Å². The fourth-order valence-electron chi connectivity index (χ4n) is 2.88. The van der Waals surface area contributed by atoms with Crippen molar-refractivity contribution in [3.63, 3.8) is 0 Å². The average molecular weight is 345 g/mol. The lowest BCUT2D eigenvalue weighted by Crippen LogP contribution is -2.28. The summed E-state index contributed by atoms with van der Waals surface area (Å²) in [7, 11) is 3.18. The largest absolute Gasteiger partial charge is 0.497 e. The summed E-state index contributed by atoms with van der Waals surface area (Å²) in [5.74, 6) is 1.95. The van der Waals surface area contributed by atoms with Crippen molar-refractivity contribution in [2.24, 2.45) is 0 Å². The molecule has 1 atom stereocenters. The molecule has 1 aliphatic rings. The van der Waals surface area contributed by atoms with Crippen LogP contribution >= 0.6 is 0 Å². The van der Waals surface area contributed by atoms with Gasteiger partial charge in [-0.3, -0.25) is 4.79 Å². The van der Waals surface area contributed by atoms with Crippen molar-refractivity contribution in [1.82, 2.24) is 15.6 Å². The third-order valence-electron chi connectivity index (χ3n) is 4.27. The van der Waals surface area contributed by atoms with Gasteiger partial charge in [-0.05, 0) is 37.1 Å². The number of hydrogen-bond donors (Lipinski definition) is 2. The smallest absolute Gasteiger partial charge is 0.273 e. The zero-order valence-electron chi connectivity index (χ0n) is 14.5. The number of benzene rings is 1. The maximum atomic E-state index is 12.3. The van der Waals surface area contributed by atoms with E-state index in [-0.39, 0.29) is 11.8 Å². The summed E-state index contributed by atoms with van der Waals surface area (Å²) >= 11 is 0. The first kappa shape index (κ1) is 17.3. The predicted octanol–water partition coefficient (Wildman–Crippen LogP) is 2.09. The van der Waals surface area contributed by atoms with E-state index in [9.17, 15) is 4.79 Å². The van der Waals surface area contributed by atoms with E-state index >= 15 is 0 Å². The number of ether oxygens (including phenoxy) is 2. The molecule has 1 amide bonds. The van der Waals surface area contributed by atoms with E-state index in [2.05, 4.69) is 15.6 Å². The van der Waals surface area contributed by atoms with E-state index in [4.69, 9.17) is 13.9 Å². The minimum Gasteiger partial charge on any atom is -0.497 e. The highest BCUT2D eigenvalue weighted by Gasteiger charge is 2.21. The van der Waals surface area contributed by atoms with Crippen LogP contribution in [0.4, 0.5) is 0 Å². The Kier molecular flexibility index (Phi) is 5.55. The van der Waals surface area contributed by atoms with Gasteiger partial charge in [0.05, 0.1) is 14.2 Å². The Hall–Kier alpha value is -2.54. The summed E-state index contributed by atoms with van der Waals surface area (Å²) in [6, 6.07) is 5.49. The van der Waals surface area contributed by atoms with Crippen LogP contribution < -0.4 is 20.1 Å². The maximum Gasteiger partial charge on any atom is 0.273 e. The van der Waals surface area contributed by atoms with Crippen LogP contribution in [-0.2, 0) is 6.54 Å². The van der Waals surface area contributed by atoms with Gasteiger partial charge in [-0.1, -0.05) is 0 Å². The van der Waals surface area contributed by atoms with Crippen molar-refractivity contribution < 1.29 is 18.7 Å². The van der Waals surface area contributed by atoms with Gasteiger partial charge in [0.1, 0.15) is 17.8 Å². The van der Waals surface area contributed by atoms with Crippen LogP contribution in [0.1, 0.15) is 40.7 Å². The first-order valence-corrected chi connectivity index (χ1v) is 8.36. The summed E-state index contributed by atoms with van der Waals surface area (Å²) in [4.78, 5) is 16.7. The Bertz CT molecular complexity index is 701. The highest BCUT2D eigenvalue weighted by Crippen LogP contribution is 2.23. The van der Waals surface area contributed by atoms with Gasteiger partial charge in [0.2, 0.25) is 0 Å². The molecular formula is C18H23N3O4. The van der Waals surface area contributed by atoms with Gasteiger partial charge in [0.15, 0.2) is 11.6 Å². The first-order valence-electron chi connectivity index (χ1n) is 8.36. The Labute approximate surface area is 146 Å². The van der Waals surface area contributed by atoms with Crippen LogP contribution in [0.5, 0.6) is 11.5 Å². The Morgan fingerprint density at radius 1 is 1.32 bits per heavy atom. The molecule has 1 unspecified atom stereocenters. The molecule has 7 heteroatoms. The SMILES string of the molecule is COc1cc(CNC(=O)c2coc(C3CCCNC3)n2)cc(OC)c1.